The standard InChI is InChI=1S/C16H13Cl2N3O2/c1-9(23-14-7-6-10(17)8-11(14)18)15(22)21-16-19-12-4-2-3-5-13(12)20-16/h2-9H,1H3,(H2,19,20,21,22). The lowest BCUT2D eigenvalue weighted by Crippen LogP contribution is -2.30. The van der Waals surface area contributed by atoms with Crippen LogP contribution in [-0.2, 0) is 4.79 Å². The summed E-state index contributed by atoms with van der Waals surface area (Å²) < 4.78 is 5.56. The van der Waals surface area contributed by atoms with Gasteiger partial charge in [0.1, 0.15) is 5.75 Å². The molecule has 118 valence electrons. The van der Waals surface area contributed by atoms with Crippen molar-refractivity contribution in [1.82, 2.24) is 9.97 Å². The van der Waals surface area contributed by atoms with Gasteiger partial charge in [-0.2, -0.15) is 0 Å². The molecule has 0 radical (unpaired) electrons. The molecule has 1 atom stereocenters. The minimum Gasteiger partial charge on any atom is -0.479 e. The molecule has 0 bridgehead atoms. The Balaban J connectivity index is 1.69. The van der Waals surface area contributed by atoms with Crippen molar-refractivity contribution >= 4 is 46.1 Å². The van der Waals surface area contributed by atoms with E-state index in [0.29, 0.717) is 21.7 Å². The molecule has 3 aromatic rings. The molecule has 0 spiro atoms. The number of fused-ring (bicyclic) bond motifs is 1. The average molecular weight is 350 g/mol. The summed E-state index contributed by atoms with van der Waals surface area (Å²) >= 11 is 11.9. The summed E-state index contributed by atoms with van der Waals surface area (Å²) in [5.74, 6) is 0.423. The van der Waals surface area contributed by atoms with Gasteiger partial charge in [-0.05, 0) is 37.3 Å². The Morgan fingerprint density at radius 1 is 1.26 bits per heavy atom. The van der Waals surface area contributed by atoms with Crippen LogP contribution in [0.4, 0.5) is 5.95 Å². The Labute approximate surface area is 142 Å². The summed E-state index contributed by atoms with van der Waals surface area (Å²) in [6, 6.07) is 12.3. The average Bonchev–Trinajstić information content (AvgIpc) is 2.92. The number of ether oxygens (including phenoxy) is 1. The van der Waals surface area contributed by atoms with E-state index in [4.69, 9.17) is 27.9 Å². The van der Waals surface area contributed by atoms with Crippen LogP contribution in [0, 0.1) is 0 Å². The van der Waals surface area contributed by atoms with Crippen molar-refractivity contribution in [3.63, 3.8) is 0 Å². The number of aromatic nitrogens is 2. The SMILES string of the molecule is CC(Oc1ccc(Cl)cc1Cl)C(=O)Nc1nc2ccccc2[nH]1. The van der Waals surface area contributed by atoms with Gasteiger partial charge >= 0.3 is 0 Å². The third-order valence-electron chi connectivity index (χ3n) is 3.20. The predicted octanol–water partition coefficient (Wildman–Crippen LogP) is 4.28. The number of para-hydroxylation sites is 2. The van der Waals surface area contributed by atoms with Gasteiger partial charge in [-0.15, -0.1) is 0 Å². The van der Waals surface area contributed by atoms with Crippen molar-refractivity contribution in [1.29, 1.82) is 0 Å². The van der Waals surface area contributed by atoms with E-state index in [1.165, 1.54) is 0 Å². The van der Waals surface area contributed by atoms with Crippen molar-refractivity contribution in [2.45, 2.75) is 13.0 Å². The fraction of sp³-hybridized carbons (Fsp3) is 0.125. The Kier molecular flexibility index (Phi) is 4.41. The summed E-state index contributed by atoms with van der Waals surface area (Å²) in [7, 11) is 0. The van der Waals surface area contributed by atoms with E-state index in [2.05, 4.69) is 15.3 Å². The van der Waals surface area contributed by atoms with Crippen LogP contribution in [0.25, 0.3) is 11.0 Å². The molecule has 0 aliphatic rings. The first kappa shape index (κ1) is 15.6. The maximum atomic E-state index is 12.2. The maximum absolute atomic E-state index is 12.2. The number of nitrogens with one attached hydrogen (secondary N) is 2. The van der Waals surface area contributed by atoms with E-state index in [9.17, 15) is 4.79 Å². The van der Waals surface area contributed by atoms with Gasteiger partial charge in [0, 0.05) is 5.02 Å². The minimum atomic E-state index is -0.748. The topological polar surface area (TPSA) is 67.0 Å². The molecule has 1 heterocycles. The second-order valence-electron chi connectivity index (χ2n) is 4.93. The van der Waals surface area contributed by atoms with Crippen LogP contribution in [0.2, 0.25) is 10.0 Å². The Bertz CT molecular complexity index is 830. The number of H-pyrrole nitrogens is 1. The zero-order valence-electron chi connectivity index (χ0n) is 12.1. The molecule has 7 heteroatoms. The van der Waals surface area contributed by atoms with E-state index in [0.717, 1.165) is 11.0 Å². The van der Waals surface area contributed by atoms with Crippen LogP contribution in [0.5, 0.6) is 5.75 Å². The van der Waals surface area contributed by atoms with Gasteiger partial charge in [0.05, 0.1) is 16.1 Å². The highest BCUT2D eigenvalue weighted by Gasteiger charge is 2.17. The van der Waals surface area contributed by atoms with Gasteiger partial charge in [0.25, 0.3) is 5.91 Å². The van der Waals surface area contributed by atoms with Crippen molar-refractivity contribution < 1.29 is 9.53 Å². The number of anilines is 1. The van der Waals surface area contributed by atoms with Gasteiger partial charge in [0.15, 0.2) is 6.10 Å². The lowest BCUT2D eigenvalue weighted by Gasteiger charge is -2.14. The zero-order valence-corrected chi connectivity index (χ0v) is 13.7. The molecule has 0 saturated heterocycles. The molecular weight excluding hydrogens is 337 g/mol. The molecule has 1 unspecified atom stereocenters. The lowest BCUT2D eigenvalue weighted by atomic mass is 10.3. The summed E-state index contributed by atoms with van der Waals surface area (Å²) in [6.07, 6.45) is -0.748. The molecule has 3 rings (SSSR count). The first-order valence-corrected chi connectivity index (χ1v) is 7.66. The van der Waals surface area contributed by atoms with Crippen LogP contribution >= 0.6 is 23.2 Å². The molecule has 5 nitrogen and oxygen atoms in total. The third-order valence-corrected chi connectivity index (χ3v) is 3.73. The number of rotatable bonds is 4. The third kappa shape index (κ3) is 3.57. The second kappa shape index (κ2) is 6.48. The zero-order chi connectivity index (χ0) is 16.4. The normalized spacial score (nSPS) is 12.1. The summed E-state index contributed by atoms with van der Waals surface area (Å²) in [6.45, 7) is 1.63. The van der Waals surface area contributed by atoms with Gasteiger partial charge in [-0.25, -0.2) is 4.98 Å². The highest BCUT2D eigenvalue weighted by molar-refractivity contribution is 6.35. The number of nitrogens with zero attached hydrogens (tertiary/aromatic N) is 1. The molecule has 23 heavy (non-hydrogen) atoms. The highest BCUT2D eigenvalue weighted by Crippen LogP contribution is 2.28. The Morgan fingerprint density at radius 3 is 2.78 bits per heavy atom. The van der Waals surface area contributed by atoms with Crippen LogP contribution in [0.1, 0.15) is 6.92 Å². The van der Waals surface area contributed by atoms with E-state index in [-0.39, 0.29) is 5.91 Å². The predicted molar refractivity (Wildman–Crippen MR) is 91.3 cm³/mol. The molecule has 0 saturated carbocycles. The van der Waals surface area contributed by atoms with Crippen LogP contribution in [0.3, 0.4) is 0 Å². The molecule has 1 amide bonds. The first-order valence-electron chi connectivity index (χ1n) is 6.90. The summed E-state index contributed by atoms with van der Waals surface area (Å²) in [5, 5.41) is 3.53. The largest absolute Gasteiger partial charge is 0.479 e. The Morgan fingerprint density at radius 2 is 2.04 bits per heavy atom. The first-order chi connectivity index (χ1) is 11.0. The summed E-state index contributed by atoms with van der Waals surface area (Å²) in [4.78, 5) is 19.5. The van der Waals surface area contributed by atoms with Crippen molar-refractivity contribution in [3.8, 4) is 5.75 Å². The molecule has 0 aliphatic heterocycles. The van der Waals surface area contributed by atoms with Crippen molar-refractivity contribution in [2.75, 3.05) is 5.32 Å². The Hall–Kier alpha value is -2.24. The number of hydrogen-bond acceptors (Lipinski definition) is 3. The fourth-order valence-corrected chi connectivity index (χ4v) is 2.50. The molecule has 2 N–H and O–H groups in total. The molecule has 0 aliphatic carbocycles. The van der Waals surface area contributed by atoms with E-state index < -0.39 is 6.10 Å². The van der Waals surface area contributed by atoms with Crippen LogP contribution in [-0.4, -0.2) is 22.0 Å². The number of aromatic amines is 1. The van der Waals surface area contributed by atoms with Gasteiger partial charge in [-0.1, -0.05) is 35.3 Å². The molecule has 2 aromatic carbocycles. The monoisotopic (exact) mass is 349 g/mol. The molecule has 1 aromatic heterocycles. The second-order valence-corrected chi connectivity index (χ2v) is 5.77. The van der Waals surface area contributed by atoms with E-state index in [1.807, 2.05) is 24.3 Å². The highest BCUT2D eigenvalue weighted by atomic mass is 35.5. The van der Waals surface area contributed by atoms with E-state index in [1.54, 1.807) is 25.1 Å². The van der Waals surface area contributed by atoms with Crippen LogP contribution < -0.4 is 10.1 Å². The smallest absolute Gasteiger partial charge is 0.267 e. The quantitative estimate of drug-likeness (QED) is 0.738. The number of halogens is 2. The number of carbonyl (C=O) groups excluding carboxylic acids is 1. The van der Waals surface area contributed by atoms with Gasteiger partial charge in [0.2, 0.25) is 5.95 Å². The molecular formula is C16H13Cl2N3O2. The number of carbonyl (C=O) groups is 1. The number of benzene rings is 2. The number of hydrogen-bond donors (Lipinski definition) is 2. The maximum Gasteiger partial charge on any atom is 0.267 e. The number of imidazole rings is 1. The molecule has 0 fully saturated rings. The van der Waals surface area contributed by atoms with Crippen molar-refractivity contribution in [3.05, 3.63) is 52.5 Å². The minimum absolute atomic E-state index is 0.338. The van der Waals surface area contributed by atoms with Crippen molar-refractivity contribution in [2.24, 2.45) is 0 Å². The summed E-state index contributed by atoms with van der Waals surface area (Å²) in [5.41, 5.74) is 1.62. The van der Waals surface area contributed by atoms with E-state index >= 15 is 0 Å². The van der Waals surface area contributed by atoms with Gasteiger partial charge < -0.3 is 9.72 Å². The van der Waals surface area contributed by atoms with Crippen LogP contribution in [0.15, 0.2) is 42.5 Å². The fourth-order valence-electron chi connectivity index (χ4n) is 2.05. The lowest BCUT2D eigenvalue weighted by molar-refractivity contribution is -0.122. The van der Waals surface area contributed by atoms with Gasteiger partial charge in [-0.3, -0.25) is 10.1 Å². The number of amides is 1.